The van der Waals surface area contributed by atoms with Gasteiger partial charge in [-0.2, -0.15) is 0 Å². The van der Waals surface area contributed by atoms with Crippen LogP contribution in [0.5, 0.6) is 0 Å². The van der Waals surface area contributed by atoms with Crippen LogP contribution in [0.25, 0.3) is 0 Å². The molecule has 0 aromatic carbocycles. The minimum absolute atomic E-state index is 0.107. The first-order valence-electron chi connectivity index (χ1n) is 7.79. The second kappa shape index (κ2) is 8.18. The SMILES string of the molecule is CCCCN(P1CCCC1)P(c1cccs1)c1cccs1. The molecule has 2 aromatic rings. The molecule has 3 rings (SSSR count). The highest BCUT2D eigenvalue weighted by Gasteiger charge is 2.31. The molecule has 0 bridgehead atoms. The molecule has 2 aromatic heterocycles. The largest absolute Gasteiger partial charge is 0.251 e. The summed E-state index contributed by atoms with van der Waals surface area (Å²) < 4.78 is 6.13. The van der Waals surface area contributed by atoms with Crippen LogP contribution < -0.4 is 9.24 Å². The van der Waals surface area contributed by atoms with E-state index in [4.69, 9.17) is 0 Å². The third-order valence-electron chi connectivity index (χ3n) is 3.78. The van der Waals surface area contributed by atoms with Gasteiger partial charge in [0.05, 0.1) is 8.07 Å². The molecule has 1 saturated heterocycles. The Morgan fingerprint density at radius 1 is 1.10 bits per heavy atom. The lowest BCUT2D eigenvalue weighted by molar-refractivity contribution is 0.641. The number of unbranched alkanes of at least 4 members (excludes halogenated alkanes) is 1. The topological polar surface area (TPSA) is 3.24 Å². The van der Waals surface area contributed by atoms with E-state index in [-0.39, 0.29) is 16.1 Å². The third kappa shape index (κ3) is 3.95. The van der Waals surface area contributed by atoms with Gasteiger partial charge in [0.2, 0.25) is 0 Å². The highest BCUT2D eigenvalue weighted by Crippen LogP contribution is 2.59. The van der Waals surface area contributed by atoms with Crippen LogP contribution >= 0.6 is 38.8 Å². The van der Waals surface area contributed by atoms with Crippen LogP contribution in [0.2, 0.25) is 0 Å². The molecule has 1 aliphatic rings. The van der Waals surface area contributed by atoms with E-state index in [1.807, 2.05) is 22.7 Å². The first-order chi connectivity index (χ1) is 10.4. The van der Waals surface area contributed by atoms with Crippen LogP contribution in [0.4, 0.5) is 0 Å². The third-order valence-corrected chi connectivity index (χ3v) is 12.4. The minimum atomic E-state index is -0.264. The number of thiophene rings is 2. The second-order valence-corrected chi connectivity index (χ2v) is 12.6. The smallest absolute Gasteiger partial charge is 0.0526 e. The quantitative estimate of drug-likeness (QED) is 0.597. The number of hydrogen-bond donors (Lipinski definition) is 0. The fourth-order valence-corrected chi connectivity index (χ4v) is 12.4. The first-order valence-corrected chi connectivity index (χ1v) is 12.5. The van der Waals surface area contributed by atoms with Gasteiger partial charge in [0.1, 0.15) is 0 Å². The standard InChI is InChI=1S/C16H23NP2S2/c1-2-3-10-17(18-11-4-5-12-18)19(15-8-6-13-20-15)16-9-7-14-21-16/h6-9,13-14H,2-5,10-12H2,1H3. The van der Waals surface area contributed by atoms with E-state index >= 15 is 0 Å². The maximum absolute atomic E-state index is 2.94. The van der Waals surface area contributed by atoms with Gasteiger partial charge < -0.3 is 0 Å². The molecule has 1 aliphatic heterocycles. The van der Waals surface area contributed by atoms with Crippen molar-refractivity contribution < 1.29 is 0 Å². The molecular weight excluding hydrogens is 332 g/mol. The Balaban J connectivity index is 1.90. The van der Waals surface area contributed by atoms with E-state index in [1.165, 1.54) is 44.6 Å². The lowest BCUT2D eigenvalue weighted by Gasteiger charge is -2.35. The fraction of sp³-hybridized carbons (Fsp3) is 0.500. The predicted octanol–water partition coefficient (Wildman–Crippen LogP) is 5.45. The van der Waals surface area contributed by atoms with E-state index < -0.39 is 0 Å². The monoisotopic (exact) mass is 355 g/mol. The summed E-state index contributed by atoms with van der Waals surface area (Å²) in [6.45, 7) is 3.61. The fourth-order valence-electron chi connectivity index (χ4n) is 2.72. The van der Waals surface area contributed by atoms with Gasteiger partial charge in [-0.25, -0.2) is 0 Å². The molecule has 0 atom stereocenters. The van der Waals surface area contributed by atoms with Crippen molar-refractivity contribution >= 4 is 48.1 Å². The Morgan fingerprint density at radius 2 is 1.71 bits per heavy atom. The summed E-state index contributed by atoms with van der Waals surface area (Å²) in [5, 5.41) is 4.50. The van der Waals surface area contributed by atoms with Crippen molar-refractivity contribution in [3.63, 3.8) is 0 Å². The molecule has 0 spiro atoms. The van der Waals surface area contributed by atoms with Crippen LogP contribution in [-0.2, 0) is 0 Å². The molecular formula is C16H23NP2S2. The Labute approximate surface area is 139 Å². The molecule has 21 heavy (non-hydrogen) atoms. The van der Waals surface area contributed by atoms with E-state index in [0.717, 1.165) is 0 Å². The molecule has 1 nitrogen and oxygen atoms in total. The van der Waals surface area contributed by atoms with Gasteiger partial charge >= 0.3 is 0 Å². The summed E-state index contributed by atoms with van der Waals surface area (Å²) >= 11 is 3.91. The number of nitrogens with zero attached hydrogens (tertiary/aromatic N) is 1. The normalized spacial score (nSPS) is 16.3. The summed E-state index contributed by atoms with van der Waals surface area (Å²) in [7, 11) is -0.157. The van der Waals surface area contributed by atoms with E-state index in [9.17, 15) is 0 Å². The first kappa shape index (κ1) is 16.1. The summed E-state index contributed by atoms with van der Waals surface area (Å²) in [6, 6.07) is 9.17. The summed E-state index contributed by atoms with van der Waals surface area (Å²) in [4.78, 5) is 0. The molecule has 1 fully saturated rings. The Morgan fingerprint density at radius 3 is 2.19 bits per heavy atom. The van der Waals surface area contributed by atoms with Crippen molar-refractivity contribution in [1.29, 1.82) is 0 Å². The summed E-state index contributed by atoms with van der Waals surface area (Å²) in [5.74, 6) is 0. The molecule has 0 N–H and O–H groups in total. The van der Waals surface area contributed by atoms with Gasteiger partial charge in [0.15, 0.2) is 0 Å². The van der Waals surface area contributed by atoms with Crippen molar-refractivity contribution in [2.45, 2.75) is 32.6 Å². The average Bonchev–Trinajstić information content (AvgIpc) is 3.26. The van der Waals surface area contributed by atoms with Gasteiger partial charge in [0, 0.05) is 15.8 Å². The average molecular weight is 355 g/mol. The molecule has 5 heteroatoms. The van der Waals surface area contributed by atoms with E-state index in [1.54, 1.807) is 9.24 Å². The Bertz CT molecular complexity index is 472. The van der Waals surface area contributed by atoms with Gasteiger partial charge in [-0.15, -0.1) is 22.7 Å². The number of hydrogen-bond acceptors (Lipinski definition) is 3. The maximum atomic E-state index is 2.94. The van der Waals surface area contributed by atoms with E-state index in [2.05, 4.69) is 46.4 Å². The highest BCUT2D eigenvalue weighted by molar-refractivity contribution is 7.85. The van der Waals surface area contributed by atoms with Crippen molar-refractivity contribution in [2.24, 2.45) is 0 Å². The predicted molar refractivity (Wildman–Crippen MR) is 102 cm³/mol. The molecule has 0 aliphatic carbocycles. The van der Waals surface area contributed by atoms with E-state index in [0.29, 0.717) is 0 Å². The van der Waals surface area contributed by atoms with Gasteiger partial charge in [-0.1, -0.05) is 25.5 Å². The van der Waals surface area contributed by atoms with Crippen molar-refractivity contribution in [2.75, 3.05) is 18.9 Å². The van der Waals surface area contributed by atoms with Gasteiger partial charge in [0.25, 0.3) is 0 Å². The van der Waals surface area contributed by atoms with Crippen LogP contribution in [0.1, 0.15) is 32.6 Å². The van der Waals surface area contributed by atoms with Crippen LogP contribution in [-0.4, -0.2) is 23.3 Å². The molecule has 114 valence electrons. The lowest BCUT2D eigenvalue weighted by atomic mass is 10.3. The van der Waals surface area contributed by atoms with Crippen LogP contribution in [0, 0.1) is 0 Å². The zero-order chi connectivity index (χ0) is 14.5. The lowest BCUT2D eigenvalue weighted by Crippen LogP contribution is -2.24. The Kier molecular flexibility index (Phi) is 6.27. The van der Waals surface area contributed by atoms with Crippen molar-refractivity contribution in [3.05, 3.63) is 35.0 Å². The molecule has 0 amide bonds. The van der Waals surface area contributed by atoms with Crippen LogP contribution in [0.15, 0.2) is 35.0 Å². The molecule has 0 radical (unpaired) electrons. The Hall–Kier alpha value is 0.220. The molecule has 3 heterocycles. The zero-order valence-corrected chi connectivity index (χ0v) is 16.0. The highest BCUT2D eigenvalue weighted by atomic mass is 32.1. The molecule has 0 unspecified atom stereocenters. The summed E-state index contributed by atoms with van der Waals surface area (Å²) in [5.41, 5.74) is 0. The zero-order valence-electron chi connectivity index (χ0n) is 12.6. The van der Waals surface area contributed by atoms with Gasteiger partial charge in [-0.05, 0) is 62.6 Å². The number of rotatable bonds is 7. The second-order valence-electron chi connectivity index (χ2n) is 5.32. The minimum Gasteiger partial charge on any atom is -0.251 e. The van der Waals surface area contributed by atoms with Crippen molar-refractivity contribution in [3.8, 4) is 0 Å². The molecule has 0 saturated carbocycles. The van der Waals surface area contributed by atoms with Crippen LogP contribution in [0.3, 0.4) is 0 Å². The van der Waals surface area contributed by atoms with Crippen molar-refractivity contribution in [1.82, 2.24) is 4.44 Å². The summed E-state index contributed by atoms with van der Waals surface area (Å²) in [6.07, 6.45) is 8.48. The van der Waals surface area contributed by atoms with Gasteiger partial charge in [-0.3, -0.25) is 4.44 Å². The maximum Gasteiger partial charge on any atom is 0.0526 e.